The molecule has 5 nitrogen and oxygen atoms in total. The van der Waals surface area contributed by atoms with Gasteiger partial charge in [-0.1, -0.05) is 24.3 Å². The minimum atomic E-state index is -0.811. The van der Waals surface area contributed by atoms with Crippen LogP contribution in [-0.4, -0.2) is 37.0 Å². The van der Waals surface area contributed by atoms with Gasteiger partial charge in [-0.25, -0.2) is 0 Å². The molecule has 0 bridgehead atoms. The molecule has 2 heterocycles. The van der Waals surface area contributed by atoms with Crippen molar-refractivity contribution < 1.29 is 19.1 Å². The van der Waals surface area contributed by atoms with Crippen LogP contribution in [0, 0.1) is 0 Å². The Morgan fingerprint density at radius 2 is 1.92 bits per heavy atom. The van der Waals surface area contributed by atoms with Crippen LogP contribution in [0.5, 0.6) is 11.5 Å². The zero-order chi connectivity index (χ0) is 16.7. The zero-order valence-electron chi connectivity index (χ0n) is 13.3. The standard InChI is InChI=1S/C19H17NO4/c1-20-9-8-12-4-2-3-5-14(12)17(19(20)22)18(21)13-6-7-15-16(10-13)24-11-23-15/h2-7,10,17H,8-9,11H2,1H3/t17-/m1/s1. The van der Waals surface area contributed by atoms with Crippen LogP contribution in [0.4, 0.5) is 0 Å². The lowest BCUT2D eigenvalue weighted by Crippen LogP contribution is -2.34. The van der Waals surface area contributed by atoms with Gasteiger partial charge in [-0.15, -0.1) is 0 Å². The van der Waals surface area contributed by atoms with Gasteiger partial charge in [0.25, 0.3) is 0 Å². The minimum absolute atomic E-state index is 0.154. The normalized spacial score (nSPS) is 19.0. The molecule has 0 saturated heterocycles. The van der Waals surface area contributed by atoms with Crippen molar-refractivity contribution in [3.8, 4) is 11.5 Å². The Kier molecular flexibility index (Phi) is 3.49. The second-order valence-corrected chi connectivity index (χ2v) is 6.07. The van der Waals surface area contributed by atoms with Crippen molar-refractivity contribution in [2.24, 2.45) is 0 Å². The number of likely N-dealkylation sites (N-methyl/N-ethyl adjacent to an activating group) is 1. The Labute approximate surface area is 139 Å². The predicted molar refractivity (Wildman–Crippen MR) is 87.4 cm³/mol. The van der Waals surface area contributed by atoms with E-state index in [1.807, 2.05) is 24.3 Å². The third-order valence-electron chi connectivity index (χ3n) is 4.63. The Bertz CT molecular complexity index is 830. The van der Waals surface area contributed by atoms with Crippen molar-refractivity contribution in [3.05, 3.63) is 59.2 Å². The van der Waals surface area contributed by atoms with Crippen molar-refractivity contribution in [1.29, 1.82) is 0 Å². The van der Waals surface area contributed by atoms with Crippen LogP contribution < -0.4 is 9.47 Å². The van der Waals surface area contributed by atoms with Gasteiger partial charge in [0, 0.05) is 19.2 Å². The maximum absolute atomic E-state index is 13.1. The van der Waals surface area contributed by atoms with Crippen LogP contribution in [0.2, 0.25) is 0 Å². The number of fused-ring (bicyclic) bond motifs is 2. The first-order valence-corrected chi connectivity index (χ1v) is 7.92. The number of ether oxygens (including phenoxy) is 2. The lowest BCUT2D eigenvalue weighted by molar-refractivity contribution is -0.130. The molecule has 0 fully saturated rings. The summed E-state index contributed by atoms with van der Waals surface area (Å²) >= 11 is 0. The highest BCUT2D eigenvalue weighted by Crippen LogP contribution is 2.35. The van der Waals surface area contributed by atoms with Crippen LogP contribution in [0.1, 0.15) is 27.4 Å². The smallest absolute Gasteiger partial charge is 0.237 e. The fourth-order valence-electron chi connectivity index (χ4n) is 3.27. The Hall–Kier alpha value is -2.82. The summed E-state index contributed by atoms with van der Waals surface area (Å²) in [6.07, 6.45) is 0.753. The van der Waals surface area contributed by atoms with Crippen LogP contribution in [0.15, 0.2) is 42.5 Å². The molecule has 24 heavy (non-hydrogen) atoms. The van der Waals surface area contributed by atoms with Gasteiger partial charge in [0.05, 0.1) is 0 Å². The molecule has 1 atom stereocenters. The molecular weight excluding hydrogens is 306 g/mol. The van der Waals surface area contributed by atoms with E-state index in [2.05, 4.69) is 0 Å². The molecule has 1 amide bonds. The topological polar surface area (TPSA) is 55.8 Å². The van der Waals surface area contributed by atoms with Crippen molar-refractivity contribution in [1.82, 2.24) is 4.90 Å². The van der Waals surface area contributed by atoms with Crippen LogP contribution in [-0.2, 0) is 11.2 Å². The molecular formula is C19H17NO4. The summed E-state index contributed by atoms with van der Waals surface area (Å²) < 4.78 is 10.6. The summed E-state index contributed by atoms with van der Waals surface area (Å²) in [5.74, 6) is -0.0176. The van der Waals surface area contributed by atoms with Gasteiger partial charge >= 0.3 is 0 Å². The second kappa shape index (κ2) is 5.67. The molecule has 0 aromatic heterocycles. The number of rotatable bonds is 2. The maximum atomic E-state index is 13.1. The van der Waals surface area contributed by atoms with Crippen LogP contribution in [0.25, 0.3) is 0 Å². The lowest BCUT2D eigenvalue weighted by Gasteiger charge is -2.20. The molecule has 0 aliphatic carbocycles. The molecule has 2 aliphatic heterocycles. The average molecular weight is 323 g/mol. The van der Waals surface area contributed by atoms with Crippen LogP contribution >= 0.6 is 0 Å². The number of Topliss-reactive ketones (excluding diaryl/α,β-unsaturated/α-hetero) is 1. The van der Waals surface area contributed by atoms with Gasteiger partial charge in [-0.3, -0.25) is 9.59 Å². The van der Waals surface area contributed by atoms with E-state index in [1.54, 1.807) is 30.1 Å². The highest BCUT2D eigenvalue weighted by Gasteiger charge is 2.35. The summed E-state index contributed by atoms with van der Waals surface area (Å²) in [6.45, 7) is 0.766. The summed E-state index contributed by atoms with van der Waals surface area (Å²) in [6, 6.07) is 12.7. The van der Waals surface area contributed by atoms with Gasteiger partial charge in [0.15, 0.2) is 17.3 Å². The lowest BCUT2D eigenvalue weighted by atomic mass is 9.87. The van der Waals surface area contributed by atoms with E-state index in [9.17, 15) is 9.59 Å². The van der Waals surface area contributed by atoms with E-state index in [-0.39, 0.29) is 18.5 Å². The number of hydrogen-bond donors (Lipinski definition) is 0. The Morgan fingerprint density at radius 3 is 2.79 bits per heavy atom. The average Bonchev–Trinajstić information content (AvgIpc) is 3.03. The molecule has 4 rings (SSSR count). The largest absolute Gasteiger partial charge is 0.454 e. The molecule has 122 valence electrons. The van der Waals surface area contributed by atoms with E-state index in [0.29, 0.717) is 23.6 Å². The molecule has 0 unspecified atom stereocenters. The van der Waals surface area contributed by atoms with E-state index in [1.165, 1.54) is 0 Å². The first kappa shape index (κ1) is 14.8. The van der Waals surface area contributed by atoms with Crippen molar-refractivity contribution in [2.75, 3.05) is 20.4 Å². The highest BCUT2D eigenvalue weighted by atomic mass is 16.7. The van der Waals surface area contributed by atoms with E-state index in [4.69, 9.17) is 9.47 Å². The van der Waals surface area contributed by atoms with Gasteiger partial charge < -0.3 is 14.4 Å². The highest BCUT2D eigenvalue weighted by molar-refractivity contribution is 6.14. The van der Waals surface area contributed by atoms with Gasteiger partial charge in [-0.2, -0.15) is 0 Å². The first-order valence-electron chi connectivity index (χ1n) is 7.92. The quantitative estimate of drug-likeness (QED) is 0.629. The number of carbonyl (C=O) groups is 2. The molecule has 0 N–H and O–H groups in total. The fourth-order valence-corrected chi connectivity index (χ4v) is 3.27. The van der Waals surface area contributed by atoms with E-state index < -0.39 is 5.92 Å². The summed E-state index contributed by atoms with van der Waals surface area (Å²) in [7, 11) is 1.74. The Balaban J connectivity index is 1.78. The van der Waals surface area contributed by atoms with Crippen molar-refractivity contribution in [2.45, 2.75) is 12.3 Å². The maximum Gasteiger partial charge on any atom is 0.237 e. The Morgan fingerprint density at radius 1 is 1.12 bits per heavy atom. The predicted octanol–water partition coefficient (Wildman–Crippen LogP) is 2.40. The fraction of sp³-hybridized carbons (Fsp3) is 0.263. The number of carbonyl (C=O) groups excluding carboxylic acids is 2. The molecule has 0 radical (unpaired) electrons. The number of benzene rings is 2. The minimum Gasteiger partial charge on any atom is -0.454 e. The van der Waals surface area contributed by atoms with E-state index >= 15 is 0 Å². The first-order chi connectivity index (χ1) is 11.6. The van der Waals surface area contributed by atoms with E-state index in [0.717, 1.165) is 17.5 Å². The molecule has 0 spiro atoms. The monoisotopic (exact) mass is 323 g/mol. The molecule has 2 aromatic rings. The van der Waals surface area contributed by atoms with Gasteiger partial charge in [0.1, 0.15) is 5.92 Å². The third-order valence-corrected chi connectivity index (χ3v) is 4.63. The molecule has 0 saturated carbocycles. The SMILES string of the molecule is CN1CCc2ccccc2[C@H](C(=O)c2ccc3c(c2)OCO3)C1=O. The van der Waals surface area contributed by atoms with Crippen molar-refractivity contribution >= 4 is 11.7 Å². The number of ketones is 1. The molecule has 5 heteroatoms. The zero-order valence-corrected chi connectivity index (χ0v) is 13.3. The molecule has 2 aromatic carbocycles. The number of hydrogen-bond acceptors (Lipinski definition) is 4. The van der Waals surface area contributed by atoms with Crippen molar-refractivity contribution in [3.63, 3.8) is 0 Å². The summed E-state index contributed by atoms with van der Waals surface area (Å²) in [5.41, 5.74) is 2.31. The molecule has 2 aliphatic rings. The van der Waals surface area contributed by atoms with Gasteiger partial charge in [-0.05, 0) is 35.7 Å². The summed E-state index contributed by atoms with van der Waals surface area (Å²) in [4.78, 5) is 27.6. The van der Waals surface area contributed by atoms with Crippen LogP contribution in [0.3, 0.4) is 0 Å². The second-order valence-electron chi connectivity index (χ2n) is 6.07. The number of nitrogens with zero attached hydrogens (tertiary/aromatic N) is 1. The third kappa shape index (κ3) is 2.33. The van der Waals surface area contributed by atoms with Gasteiger partial charge in [0.2, 0.25) is 12.7 Å². The number of amides is 1. The summed E-state index contributed by atoms with van der Waals surface area (Å²) in [5, 5.41) is 0.